The van der Waals surface area contributed by atoms with Gasteiger partial charge in [-0.25, -0.2) is 9.97 Å². The molecule has 160 valence electrons. The number of fused-ring (bicyclic) bond motifs is 1. The zero-order chi connectivity index (χ0) is 22.1. The Kier molecular flexibility index (Phi) is 5.15. The summed E-state index contributed by atoms with van der Waals surface area (Å²) < 4.78 is 2.01. The number of rotatable bonds is 4. The molecule has 1 saturated heterocycles. The van der Waals surface area contributed by atoms with Gasteiger partial charge in [-0.15, -0.1) is 0 Å². The van der Waals surface area contributed by atoms with E-state index in [1.54, 1.807) is 11.1 Å². The van der Waals surface area contributed by atoms with E-state index in [1.807, 2.05) is 71.3 Å². The molecule has 4 aromatic rings. The van der Waals surface area contributed by atoms with Gasteiger partial charge in [-0.2, -0.15) is 0 Å². The minimum Gasteiger partial charge on any atom is -0.369 e. The maximum absolute atomic E-state index is 13.0. The third kappa shape index (κ3) is 3.62. The van der Waals surface area contributed by atoms with Crippen LogP contribution in [0.5, 0.6) is 0 Å². The summed E-state index contributed by atoms with van der Waals surface area (Å²) in [5.41, 5.74) is 9.46. The molecule has 32 heavy (non-hydrogen) atoms. The second-order valence-corrected chi connectivity index (χ2v) is 8.00. The van der Waals surface area contributed by atoms with Crippen LogP contribution in [-0.4, -0.2) is 44.3 Å². The van der Waals surface area contributed by atoms with Crippen molar-refractivity contribution >= 4 is 23.0 Å². The van der Waals surface area contributed by atoms with Crippen LogP contribution in [0, 0.1) is 5.92 Å². The van der Waals surface area contributed by atoms with Crippen molar-refractivity contribution < 1.29 is 9.59 Å². The van der Waals surface area contributed by atoms with Gasteiger partial charge in [0.25, 0.3) is 5.91 Å². The standard InChI is InChI=1S/C25H23N5O2/c26-22(31)17-12-15-29(16-13-17)25(32)19-8-10-20(11-9-19)30-23(18-5-2-1-3-6-18)28-21-7-4-14-27-24(21)30/h1-11,14,17H,12-13,15-16H2,(H2,26,31). The molecule has 0 atom stereocenters. The molecule has 7 nitrogen and oxygen atoms in total. The van der Waals surface area contributed by atoms with Crippen molar-refractivity contribution in [2.45, 2.75) is 12.8 Å². The topological polar surface area (TPSA) is 94.1 Å². The summed E-state index contributed by atoms with van der Waals surface area (Å²) in [4.78, 5) is 35.5. The number of aromatic nitrogens is 3. The Morgan fingerprint density at radius 1 is 0.906 bits per heavy atom. The van der Waals surface area contributed by atoms with Crippen LogP contribution in [0.4, 0.5) is 0 Å². The molecule has 1 fully saturated rings. The van der Waals surface area contributed by atoms with Crippen molar-refractivity contribution in [2.24, 2.45) is 11.7 Å². The van der Waals surface area contributed by atoms with E-state index in [2.05, 4.69) is 4.98 Å². The minimum atomic E-state index is -0.281. The highest BCUT2D eigenvalue weighted by molar-refractivity contribution is 5.94. The summed E-state index contributed by atoms with van der Waals surface area (Å²) in [6.07, 6.45) is 2.99. The fourth-order valence-corrected chi connectivity index (χ4v) is 4.24. The highest BCUT2D eigenvalue weighted by Gasteiger charge is 2.26. The maximum atomic E-state index is 13.0. The van der Waals surface area contributed by atoms with E-state index in [1.165, 1.54) is 0 Å². The van der Waals surface area contributed by atoms with Gasteiger partial charge in [-0.05, 0) is 49.2 Å². The lowest BCUT2D eigenvalue weighted by Crippen LogP contribution is -2.41. The molecule has 1 aliphatic rings. The molecule has 0 unspecified atom stereocenters. The Balaban J connectivity index is 1.46. The fraction of sp³-hybridized carbons (Fsp3) is 0.200. The largest absolute Gasteiger partial charge is 0.369 e. The second kappa shape index (κ2) is 8.26. The molecular formula is C25H23N5O2. The predicted molar refractivity (Wildman–Crippen MR) is 122 cm³/mol. The second-order valence-electron chi connectivity index (χ2n) is 8.00. The number of pyridine rings is 1. The number of nitrogens with two attached hydrogens (primary N) is 1. The zero-order valence-corrected chi connectivity index (χ0v) is 17.5. The molecular weight excluding hydrogens is 402 g/mol. The van der Waals surface area contributed by atoms with Crippen LogP contribution < -0.4 is 5.73 Å². The number of piperidine rings is 1. The van der Waals surface area contributed by atoms with E-state index in [4.69, 9.17) is 10.7 Å². The van der Waals surface area contributed by atoms with Gasteiger partial charge in [0.05, 0.1) is 0 Å². The molecule has 0 bridgehead atoms. The van der Waals surface area contributed by atoms with Crippen molar-refractivity contribution in [1.29, 1.82) is 0 Å². The average Bonchev–Trinajstić information content (AvgIpc) is 3.24. The summed E-state index contributed by atoms with van der Waals surface area (Å²) in [6, 6.07) is 21.3. The van der Waals surface area contributed by atoms with Crippen LogP contribution in [0.25, 0.3) is 28.2 Å². The van der Waals surface area contributed by atoms with Gasteiger partial charge >= 0.3 is 0 Å². The number of benzene rings is 2. The molecule has 2 aromatic heterocycles. The molecule has 0 saturated carbocycles. The van der Waals surface area contributed by atoms with Gasteiger partial charge < -0.3 is 10.6 Å². The van der Waals surface area contributed by atoms with Crippen molar-refractivity contribution in [1.82, 2.24) is 19.4 Å². The molecule has 5 rings (SSSR count). The fourth-order valence-electron chi connectivity index (χ4n) is 4.24. The van der Waals surface area contributed by atoms with E-state index in [0.29, 0.717) is 31.5 Å². The van der Waals surface area contributed by atoms with E-state index in [9.17, 15) is 9.59 Å². The first-order valence-corrected chi connectivity index (χ1v) is 10.7. The molecule has 1 aliphatic heterocycles. The van der Waals surface area contributed by atoms with Crippen LogP contribution in [0.1, 0.15) is 23.2 Å². The number of carbonyl (C=O) groups excluding carboxylic acids is 2. The summed E-state index contributed by atoms with van der Waals surface area (Å²) in [5, 5.41) is 0. The third-order valence-electron chi connectivity index (χ3n) is 6.01. The third-order valence-corrected chi connectivity index (χ3v) is 6.01. The quantitative estimate of drug-likeness (QED) is 0.542. The van der Waals surface area contributed by atoms with E-state index < -0.39 is 0 Å². The lowest BCUT2D eigenvalue weighted by atomic mass is 9.96. The Morgan fingerprint density at radius 3 is 2.31 bits per heavy atom. The highest BCUT2D eigenvalue weighted by atomic mass is 16.2. The minimum absolute atomic E-state index is 0.0311. The van der Waals surface area contributed by atoms with Crippen molar-refractivity contribution in [3.8, 4) is 17.1 Å². The van der Waals surface area contributed by atoms with Gasteiger partial charge in [0.1, 0.15) is 11.3 Å². The molecule has 2 aromatic carbocycles. The van der Waals surface area contributed by atoms with Crippen LogP contribution in [0.15, 0.2) is 72.9 Å². The number of imidazole rings is 1. The summed E-state index contributed by atoms with van der Waals surface area (Å²) >= 11 is 0. The first-order valence-electron chi connectivity index (χ1n) is 10.7. The maximum Gasteiger partial charge on any atom is 0.253 e. The number of hydrogen-bond donors (Lipinski definition) is 1. The van der Waals surface area contributed by atoms with E-state index in [0.717, 1.165) is 28.2 Å². The van der Waals surface area contributed by atoms with Gasteiger partial charge in [0, 0.05) is 42.0 Å². The van der Waals surface area contributed by atoms with E-state index >= 15 is 0 Å². The number of carbonyl (C=O) groups is 2. The Bertz CT molecular complexity index is 1270. The van der Waals surface area contributed by atoms with Crippen molar-refractivity contribution in [3.05, 3.63) is 78.5 Å². The summed E-state index contributed by atoms with van der Waals surface area (Å²) in [6.45, 7) is 1.09. The Labute approximate surface area is 185 Å². The van der Waals surface area contributed by atoms with Crippen molar-refractivity contribution in [3.63, 3.8) is 0 Å². The number of amides is 2. The number of primary amides is 1. The van der Waals surface area contributed by atoms with Gasteiger partial charge in [-0.3, -0.25) is 14.2 Å². The lowest BCUT2D eigenvalue weighted by molar-refractivity contribution is -0.123. The SMILES string of the molecule is NC(=O)C1CCN(C(=O)c2ccc(-n3c(-c4ccccc4)nc4cccnc43)cc2)CC1. The van der Waals surface area contributed by atoms with Gasteiger partial charge in [0.2, 0.25) is 5.91 Å². The number of hydrogen-bond acceptors (Lipinski definition) is 4. The Morgan fingerprint density at radius 2 is 1.62 bits per heavy atom. The summed E-state index contributed by atoms with van der Waals surface area (Å²) in [5.74, 6) is 0.347. The molecule has 2 amide bonds. The first-order chi connectivity index (χ1) is 15.6. The molecule has 2 N–H and O–H groups in total. The monoisotopic (exact) mass is 425 g/mol. The van der Waals surface area contributed by atoms with Crippen molar-refractivity contribution in [2.75, 3.05) is 13.1 Å². The smallest absolute Gasteiger partial charge is 0.253 e. The normalized spacial score (nSPS) is 14.6. The number of likely N-dealkylation sites (tertiary alicyclic amines) is 1. The van der Waals surface area contributed by atoms with Gasteiger partial charge in [0.15, 0.2) is 5.65 Å². The summed E-state index contributed by atoms with van der Waals surface area (Å²) in [7, 11) is 0. The van der Waals surface area contributed by atoms with Crippen LogP contribution in [-0.2, 0) is 4.79 Å². The first kappa shape index (κ1) is 19.9. The molecule has 0 aliphatic carbocycles. The van der Waals surface area contributed by atoms with Gasteiger partial charge in [-0.1, -0.05) is 30.3 Å². The Hall–Kier alpha value is -4.00. The molecule has 0 spiro atoms. The van der Waals surface area contributed by atoms with Crippen LogP contribution in [0.2, 0.25) is 0 Å². The zero-order valence-electron chi connectivity index (χ0n) is 17.5. The molecule has 3 heterocycles. The number of nitrogens with zero attached hydrogens (tertiary/aromatic N) is 4. The van der Waals surface area contributed by atoms with Crippen LogP contribution >= 0.6 is 0 Å². The average molecular weight is 425 g/mol. The van der Waals surface area contributed by atoms with E-state index in [-0.39, 0.29) is 17.7 Å². The van der Waals surface area contributed by atoms with Crippen LogP contribution in [0.3, 0.4) is 0 Å². The predicted octanol–water partition coefficient (Wildman–Crippen LogP) is 3.43. The lowest BCUT2D eigenvalue weighted by Gasteiger charge is -2.30. The highest BCUT2D eigenvalue weighted by Crippen LogP contribution is 2.28. The molecule has 0 radical (unpaired) electrons. The molecule has 7 heteroatoms.